The largest absolute Gasteiger partial charge is 0.411 e. The highest BCUT2D eigenvalue weighted by Crippen LogP contribution is 2.22. The molecule has 2 atom stereocenters. The number of aliphatic hydroxyl groups excluding tert-OH is 1. The Labute approximate surface area is 126 Å². The number of nitrogens with zero attached hydrogens (tertiary/aromatic N) is 2. The van der Waals surface area contributed by atoms with Crippen molar-refractivity contribution in [2.24, 2.45) is 0 Å². The van der Waals surface area contributed by atoms with Gasteiger partial charge < -0.3 is 10.4 Å². The molecule has 120 valence electrons. The average molecular weight is 335 g/mol. The Morgan fingerprint density at radius 2 is 2.23 bits per heavy atom. The van der Waals surface area contributed by atoms with Crippen LogP contribution in [0.2, 0.25) is 0 Å². The van der Waals surface area contributed by atoms with Crippen molar-refractivity contribution >= 4 is 27.5 Å². The van der Waals surface area contributed by atoms with Crippen LogP contribution in [-0.4, -0.2) is 38.9 Å². The Balaban J connectivity index is 2.17. The molecule has 0 saturated heterocycles. The molecule has 0 aliphatic heterocycles. The van der Waals surface area contributed by atoms with E-state index in [-0.39, 0.29) is 0 Å². The summed E-state index contributed by atoms with van der Waals surface area (Å²) in [5, 5.41) is 12.7. The van der Waals surface area contributed by atoms with Crippen LogP contribution in [0.4, 0.5) is 13.2 Å². The van der Waals surface area contributed by atoms with Gasteiger partial charge >= 0.3 is 6.18 Å². The third kappa shape index (κ3) is 3.45. The van der Waals surface area contributed by atoms with Crippen molar-refractivity contribution in [2.75, 3.05) is 0 Å². The number of amides is 1. The van der Waals surface area contributed by atoms with Crippen LogP contribution in [0.25, 0.3) is 10.2 Å². The van der Waals surface area contributed by atoms with Crippen molar-refractivity contribution in [3.63, 3.8) is 0 Å². The zero-order chi connectivity index (χ0) is 16.5. The first-order valence-electron chi connectivity index (χ1n) is 6.17. The quantitative estimate of drug-likeness (QED) is 0.869. The number of halogens is 3. The number of hydrogen-bond acceptors (Lipinski definition) is 5. The lowest BCUT2D eigenvalue weighted by atomic mass is 10.2. The molecular formula is C12H12F3N3O3S. The number of carbonyl (C=O) groups excluding carboxylic acids is 1. The summed E-state index contributed by atoms with van der Waals surface area (Å²) in [4.78, 5) is 28.1. The van der Waals surface area contributed by atoms with Gasteiger partial charge in [-0.25, -0.2) is 4.98 Å². The Kier molecular flexibility index (Phi) is 4.52. The molecule has 22 heavy (non-hydrogen) atoms. The standard InChI is InChI=1S/C12H12F3N3O3S/c1-6(19)9(12(13,14)15)17-8(20)4-18-5-16-10-7(11(18)21)2-3-22-10/h2-3,5-6,9,19H,4H2,1H3,(H,17,20)/t6-,9-/m1/s1. The zero-order valence-electron chi connectivity index (χ0n) is 11.3. The average Bonchev–Trinajstić information content (AvgIpc) is 2.87. The van der Waals surface area contributed by atoms with Gasteiger partial charge in [0.05, 0.1) is 17.8 Å². The molecule has 0 aliphatic rings. The molecule has 0 saturated carbocycles. The van der Waals surface area contributed by atoms with Crippen molar-refractivity contribution in [1.29, 1.82) is 0 Å². The SMILES string of the molecule is C[C@@H](O)[C@@H](NC(=O)Cn1cnc2sccc2c1=O)C(F)(F)F. The summed E-state index contributed by atoms with van der Waals surface area (Å²) in [5.74, 6) is -1.04. The molecule has 0 aromatic carbocycles. The molecule has 2 aromatic heterocycles. The van der Waals surface area contributed by atoms with Crippen molar-refractivity contribution in [1.82, 2.24) is 14.9 Å². The summed E-state index contributed by atoms with van der Waals surface area (Å²) >= 11 is 1.24. The number of rotatable bonds is 4. The number of carbonyl (C=O) groups is 1. The number of aliphatic hydroxyl groups is 1. The van der Waals surface area contributed by atoms with Gasteiger partial charge in [0.15, 0.2) is 6.04 Å². The van der Waals surface area contributed by atoms with Gasteiger partial charge in [-0.05, 0) is 18.4 Å². The van der Waals surface area contributed by atoms with Crippen LogP contribution in [0.15, 0.2) is 22.6 Å². The highest BCUT2D eigenvalue weighted by Gasteiger charge is 2.43. The van der Waals surface area contributed by atoms with Crippen LogP contribution >= 0.6 is 11.3 Å². The Morgan fingerprint density at radius 1 is 1.55 bits per heavy atom. The molecule has 0 aliphatic carbocycles. The maximum Gasteiger partial charge on any atom is 0.411 e. The van der Waals surface area contributed by atoms with E-state index in [1.807, 2.05) is 0 Å². The predicted octanol–water partition coefficient (Wildman–Crippen LogP) is 0.886. The minimum Gasteiger partial charge on any atom is -0.391 e. The maximum absolute atomic E-state index is 12.7. The number of thiophene rings is 1. The van der Waals surface area contributed by atoms with E-state index in [4.69, 9.17) is 5.11 Å². The fourth-order valence-corrected chi connectivity index (χ4v) is 2.58. The van der Waals surface area contributed by atoms with Gasteiger partial charge in [-0.15, -0.1) is 11.3 Å². The zero-order valence-corrected chi connectivity index (χ0v) is 12.1. The second-order valence-electron chi connectivity index (χ2n) is 4.64. The number of hydrogen-bond donors (Lipinski definition) is 2. The monoisotopic (exact) mass is 335 g/mol. The Morgan fingerprint density at radius 3 is 2.82 bits per heavy atom. The smallest absolute Gasteiger partial charge is 0.391 e. The highest BCUT2D eigenvalue weighted by molar-refractivity contribution is 7.16. The molecule has 2 N–H and O–H groups in total. The molecule has 10 heteroatoms. The van der Waals surface area contributed by atoms with Crippen molar-refractivity contribution in [2.45, 2.75) is 31.8 Å². The highest BCUT2D eigenvalue weighted by atomic mass is 32.1. The molecule has 2 heterocycles. The molecule has 0 spiro atoms. The molecule has 2 aromatic rings. The van der Waals surface area contributed by atoms with Gasteiger partial charge in [-0.3, -0.25) is 14.2 Å². The molecule has 0 radical (unpaired) electrons. The van der Waals surface area contributed by atoms with Crippen LogP contribution in [0.1, 0.15) is 6.92 Å². The van der Waals surface area contributed by atoms with E-state index in [1.54, 1.807) is 10.7 Å². The normalized spacial score (nSPS) is 14.8. The van der Waals surface area contributed by atoms with E-state index in [2.05, 4.69) is 4.98 Å². The molecule has 1 amide bonds. The predicted molar refractivity (Wildman–Crippen MR) is 73.5 cm³/mol. The fourth-order valence-electron chi connectivity index (χ4n) is 1.86. The summed E-state index contributed by atoms with van der Waals surface area (Å²) < 4.78 is 38.9. The van der Waals surface area contributed by atoms with Gasteiger partial charge in [0.2, 0.25) is 5.91 Å². The van der Waals surface area contributed by atoms with Crippen molar-refractivity contribution in [3.05, 3.63) is 28.1 Å². The summed E-state index contributed by atoms with van der Waals surface area (Å²) in [6.07, 6.45) is -5.49. The van der Waals surface area contributed by atoms with E-state index in [1.165, 1.54) is 17.4 Å². The van der Waals surface area contributed by atoms with Gasteiger partial charge in [0.25, 0.3) is 5.56 Å². The topological polar surface area (TPSA) is 84.2 Å². The Bertz CT molecular complexity index is 738. The number of aromatic nitrogens is 2. The lowest BCUT2D eigenvalue weighted by Gasteiger charge is -2.24. The Hall–Kier alpha value is -1.94. The van der Waals surface area contributed by atoms with Crippen LogP contribution in [0.5, 0.6) is 0 Å². The van der Waals surface area contributed by atoms with Gasteiger partial charge in [0, 0.05) is 0 Å². The first-order valence-corrected chi connectivity index (χ1v) is 7.05. The van der Waals surface area contributed by atoms with Crippen molar-refractivity contribution < 1.29 is 23.1 Å². The lowest BCUT2D eigenvalue weighted by molar-refractivity contribution is -0.179. The van der Waals surface area contributed by atoms with Crippen molar-refractivity contribution in [3.8, 4) is 0 Å². The third-order valence-electron chi connectivity index (χ3n) is 2.92. The minimum absolute atomic E-state index is 0.295. The summed E-state index contributed by atoms with van der Waals surface area (Å²) in [6, 6.07) is -0.869. The lowest BCUT2D eigenvalue weighted by Crippen LogP contribution is -2.52. The molecular weight excluding hydrogens is 323 g/mol. The number of fused-ring (bicyclic) bond motifs is 1. The van der Waals surface area contributed by atoms with E-state index in [9.17, 15) is 22.8 Å². The van der Waals surface area contributed by atoms with E-state index < -0.39 is 36.3 Å². The first kappa shape index (κ1) is 16.4. The summed E-state index contributed by atoms with van der Waals surface area (Å²) in [5.41, 5.74) is -0.512. The summed E-state index contributed by atoms with van der Waals surface area (Å²) in [6.45, 7) is 0.306. The van der Waals surface area contributed by atoms with Crippen LogP contribution in [0.3, 0.4) is 0 Å². The summed E-state index contributed by atoms with van der Waals surface area (Å²) in [7, 11) is 0. The van der Waals surface area contributed by atoms with E-state index in [0.717, 1.165) is 17.8 Å². The molecule has 0 bridgehead atoms. The molecule has 0 fully saturated rings. The van der Waals surface area contributed by atoms with Gasteiger partial charge in [0.1, 0.15) is 11.4 Å². The molecule has 2 rings (SSSR count). The van der Waals surface area contributed by atoms with E-state index in [0.29, 0.717) is 10.2 Å². The maximum atomic E-state index is 12.7. The van der Waals surface area contributed by atoms with Crippen LogP contribution in [0, 0.1) is 0 Å². The van der Waals surface area contributed by atoms with Crippen LogP contribution in [-0.2, 0) is 11.3 Å². The fraction of sp³-hybridized carbons (Fsp3) is 0.417. The van der Waals surface area contributed by atoms with E-state index >= 15 is 0 Å². The van der Waals surface area contributed by atoms with Gasteiger partial charge in [-0.2, -0.15) is 13.2 Å². The molecule has 6 nitrogen and oxygen atoms in total. The first-order chi connectivity index (χ1) is 10.2. The third-order valence-corrected chi connectivity index (χ3v) is 3.74. The number of alkyl halides is 3. The second-order valence-corrected chi connectivity index (χ2v) is 5.54. The number of nitrogens with one attached hydrogen (secondary N) is 1. The minimum atomic E-state index is -4.79. The molecule has 0 unspecified atom stereocenters. The van der Waals surface area contributed by atoms with Crippen LogP contribution < -0.4 is 10.9 Å². The second kappa shape index (κ2) is 6.05. The van der Waals surface area contributed by atoms with Gasteiger partial charge in [-0.1, -0.05) is 0 Å².